The molecule has 0 fully saturated rings. The molecule has 4 aromatic rings. The lowest BCUT2D eigenvalue weighted by Gasteiger charge is -2.25. The molecular weight excluding hydrogens is 380 g/mol. The highest BCUT2D eigenvalue weighted by Gasteiger charge is 2.46. The van der Waals surface area contributed by atoms with Crippen LogP contribution in [0.3, 0.4) is 0 Å². The first kappa shape index (κ1) is 17.2. The summed E-state index contributed by atoms with van der Waals surface area (Å²) in [6.07, 6.45) is -2.25. The molecule has 0 bridgehead atoms. The number of ether oxygens (including phenoxy) is 1. The zero-order valence-corrected chi connectivity index (χ0v) is 14.8. The van der Waals surface area contributed by atoms with Crippen LogP contribution < -0.4 is 15.4 Å². The van der Waals surface area contributed by atoms with Crippen molar-refractivity contribution in [2.75, 3.05) is 10.6 Å². The molecule has 2 aromatic carbocycles. The molecule has 3 heterocycles. The summed E-state index contributed by atoms with van der Waals surface area (Å²) in [5.74, 6) is -0.938. The van der Waals surface area contributed by atoms with Crippen molar-refractivity contribution in [1.29, 1.82) is 0 Å². The van der Waals surface area contributed by atoms with Crippen LogP contribution >= 0.6 is 0 Å². The average molecular weight is 393 g/mol. The molecule has 6 nitrogen and oxygen atoms in total. The van der Waals surface area contributed by atoms with E-state index in [0.717, 1.165) is 5.56 Å². The fourth-order valence-corrected chi connectivity index (χ4v) is 3.11. The minimum absolute atomic E-state index is 0.107. The zero-order chi connectivity index (χ0) is 20.0. The van der Waals surface area contributed by atoms with Gasteiger partial charge in [-0.1, -0.05) is 30.3 Å². The highest BCUT2D eigenvalue weighted by Crippen LogP contribution is 2.38. The largest absolute Gasteiger partial charge is 0.482 e. The molecule has 29 heavy (non-hydrogen) atoms. The number of anilines is 3. The molecular formula is C21H13F2N3O3. The number of fused-ring (bicyclic) bond motifs is 2. The topological polar surface area (TPSA) is 76.4 Å². The Kier molecular flexibility index (Phi) is 3.73. The lowest BCUT2D eigenvalue weighted by molar-refractivity contribution is -0.189. The van der Waals surface area contributed by atoms with E-state index in [1.807, 2.05) is 36.4 Å². The van der Waals surface area contributed by atoms with Gasteiger partial charge in [-0.15, -0.1) is 0 Å². The molecule has 8 heteroatoms. The van der Waals surface area contributed by atoms with Crippen molar-refractivity contribution < 1.29 is 22.7 Å². The fraction of sp³-hybridized carbons (Fsp3) is 0.0476. The van der Waals surface area contributed by atoms with E-state index in [4.69, 9.17) is 4.42 Å². The maximum atomic E-state index is 13.4. The molecule has 0 spiro atoms. The van der Waals surface area contributed by atoms with Crippen molar-refractivity contribution in [3.63, 3.8) is 0 Å². The number of benzene rings is 2. The summed E-state index contributed by atoms with van der Waals surface area (Å²) in [5, 5.41) is 5.32. The lowest BCUT2D eigenvalue weighted by atomic mass is 10.2. The number of pyridine rings is 1. The second-order valence-electron chi connectivity index (χ2n) is 6.46. The lowest BCUT2D eigenvalue weighted by Crippen LogP contribution is -2.43. The first-order valence-corrected chi connectivity index (χ1v) is 8.73. The van der Waals surface area contributed by atoms with Crippen molar-refractivity contribution in [2.45, 2.75) is 6.11 Å². The first-order valence-electron chi connectivity index (χ1n) is 8.73. The Morgan fingerprint density at radius 1 is 1.03 bits per heavy atom. The molecule has 0 saturated carbocycles. The summed E-state index contributed by atoms with van der Waals surface area (Å²) in [5.41, 5.74) is 3.50. The van der Waals surface area contributed by atoms with Crippen LogP contribution in [0, 0.1) is 0 Å². The summed E-state index contributed by atoms with van der Waals surface area (Å²) in [4.78, 5) is 15.8. The smallest absolute Gasteiger partial charge is 0.452 e. The molecule has 1 amide bonds. The number of alkyl halides is 2. The molecule has 1 aliphatic rings. The number of rotatable bonds is 3. The van der Waals surface area contributed by atoms with Crippen LogP contribution in [-0.4, -0.2) is 17.0 Å². The van der Waals surface area contributed by atoms with Gasteiger partial charge >= 0.3 is 12.0 Å². The Morgan fingerprint density at radius 3 is 2.69 bits per heavy atom. The van der Waals surface area contributed by atoms with Gasteiger partial charge in [-0.25, -0.2) is 0 Å². The van der Waals surface area contributed by atoms with Crippen LogP contribution in [0.5, 0.6) is 5.75 Å². The van der Waals surface area contributed by atoms with E-state index in [1.165, 1.54) is 12.1 Å². The van der Waals surface area contributed by atoms with E-state index in [-0.39, 0.29) is 11.4 Å². The van der Waals surface area contributed by atoms with Gasteiger partial charge in [0.1, 0.15) is 11.3 Å². The van der Waals surface area contributed by atoms with E-state index < -0.39 is 12.0 Å². The summed E-state index contributed by atoms with van der Waals surface area (Å²) in [6, 6.07) is 17.7. The Bertz CT molecular complexity index is 1240. The number of halogens is 2. The fourth-order valence-electron chi connectivity index (χ4n) is 3.11. The van der Waals surface area contributed by atoms with Gasteiger partial charge in [-0.2, -0.15) is 8.78 Å². The number of hydrogen-bond donors (Lipinski definition) is 2. The third-order valence-electron chi connectivity index (χ3n) is 4.48. The van der Waals surface area contributed by atoms with Crippen molar-refractivity contribution >= 4 is 34.1 Å². The van der Waals surface area contributed by atoms with E-state index >= 15 is 0 Å². The van der Waals surface area contributed by atoms with Crippen LogP contribution in [0.4, 0.5) is 25.8 Å². The zero-order valence-electron chi connectivity index (χ0n) is 14.8. The number of aromatic nitrogens is 1. The Hall–Kier alpha value is -3.94. The van der Waals surface area contributed by atoms with Gasteiger partial charge in [0, 0.05) is 23.5 Å². The molecule has 5 rings (SSSR count). The van der Waals surface area contributed by atoms with Gasteiger partial charge in [0.2, 0.25) is 0 Å². The van der Waals surface area contributed by atoms with Crippen LogP contribution in [0.1, 0.15) is 0 Å². The Labute approximate surface area is 163 Å². The van der Waals surface area contributed by atoms with Crippen molar-refractivity contribution in [1.82, 2.24) is 4.98 Å². The molecule has 2 N–H and O–H groups in total. The minimum atomic E-state index is -3.89. The van der Waals surface area contributed by atoms with Gasteiger partial charge in [0.15, 0.2) is 11.3 Å². The normalized spacial score (nSPS) is 14.8. The number of furan rings is 1. The maximum absolute atomic E-state index is 13.4. The number of amides is 1. The molecule has 0 atom stereocenters. The predicted octanol–water partition coefficient (Wildman–Crippen LogP) is 5.16. The number of nitrogens with zero attached hydrogens (tertiary/aromatic N) is 1. The summed E-state index contributed by atoms with van der Waals surface area (Å²) in [7, 11) is 0. The van der Waals surface area contributed by atoms with Gasteiger partial charge in [0.05, 0.1) is 11.4 Å². The van der Waals surface area contributed by atoms with E-state index in [9.17, 15) is 13.6 Å². The number of hydrogen-bond acceptors (Lipinski definition) is 5. The SMILES string of the molecule is O=C1Nc2cc(Nc3ccnc4cc(-c5ccccc5)oc34)ccc2OC1(F)F. The Balaban J connectivity index is 1.49. The first-order chi connectivity index (χ1) is 14.0. The highest BCUT2D eigenvalue weighted by molar-refractivity contribution is 5.99. The van der Waals surface area contributed by atoms with E-state index in [0.29, 0.717) is 28.2 Å². The quantitative estimate of drug-likeness (QED) is 0.503. The molecule has 1 aliphatic heterocycles. The summed E-state index contributed by atoms with van der Waals surface area (Å²) >= 11 is 0. The van der Waals surface area contributed by atoms with Crippen molar-refractivity contribution in [2.24, 2.45) is 0 Å². The highest BCUT2D eigenvalue weighted by atomic mass is 19.3. The number of carbonyl (C=O) groups is 1. The number of nitrogens with one attached hydrogen (secondary N) is 2. The van der Waals surface area contributed by atoms with Gasteiger partial charge in [0.25, 0.3) is 0 Å². The average Bonchev–Trinajstić information content (AvgIpc) is 3.15. The second-order valence-corrected chi connectivity index (χ2v) is 6.46. The Morgan fingerprint density at radius 2 is 1.86 bits per heavy atom. The second kappa shape index (κ2) is 6.30. The maximum Gasteiger partial charge on any atom is 0.482 e. The third kappa shape index (κ3) is 3.04. The van der Waals surface area contributed by atoms with Crippen molar-refractivity contribution in [3.05, 3.63) is 66.9 Å². The molecule has 0 aliphatic carbocycles. The van der Waals surface area contributed by atoms with Crippen LogP contribution in [0.15, 0.2) is 71.3 Å². The van der Waals surface area contributed by atoms with Crippen LogP contribution in [0.25, 0.3) is 22.4 Å². The minimum Gasteiger partial charge on any atom is -0.452 e. The molecule has 0 unspecified atom stereocenters. The monoisotopic (exact) mass is 393 g/mol. The van der Waals surface area contributed by atoms with E-state index in [1.54, 1.807) is 18.3 Å². The van der Waals surface area contributed by atoms with Crippen molar-refractivity contribution in [3.8, 4) is 17.1 Å². The van der Waals surface area contributed by atoms with Gasteiger partial charge in [-0.3, -0.25) is 9.78 Å². The van der Waals surface area contributed by atoms with Gasteiger partial charge in [-0.05, 0) is 24.3 Å². The third-order valence-corrected chi connectivity index (χ3v) is 4.48. The van der Waals surface area contributed by atoms with Crippen LogP contribution in [-0.2, 0) is 4.79 Å². The standard InChI is InChI=1S/C21H13F2N3O3/c22-21(23)20(27)26-15-10-13(6-7-17(15)29-21)25-14-8-9-24-16-11-18(28-19(14)16)12-4-2-1-3-5-12/h1-11H,(H,24,25)(H,26,27). The van der Waals surface area contributed by atoms with E-state index in [2.05, 4.69) is 20.4 Å². The molecule has 0 radical (unpaired) electrons. The van der Waals surface area contributed by atoms with Crippen LogP contribution in [0.2, 0.25) is 0 Å². The number of carbonyl (C=O) groups excluding carboxylic acids is 1. The predicted molar refractivity (Wildman–Crippen MR) is 103 cm³/mol. The summed E-state index contributed by atoms with van der Waals surface area (Å²) in [6.45, 7) is 0. The molecule has 2 aromatic heterocycles. The molecule has 144 valence electrons. The van der Waals surface area contributed by atoms with Gasteiger partial charge < -0.3 is 19.8 Å². The summed E-state index contributed by atoms with van der Waals surface area (Å²) < 4.78 is 37.2. The molecule has 0 saturated heterocycles.